The van der Waals surface area contributed by atoms with Crippen LogP contribution < -0.4 is 10.9 Å². The SMILES string of the molecule is CCC1c2cccn2CCN1C(=O)C1CC(c2ccccn2)NN1. The maximum absolute atomic E-state index is 13.1. The minimum absolute atomic E-state index is 0.0777. The first-order valence-electron chi connectivity index (χ1n) is 8.65. The van der Waals surface area contributed by atoms with Crippen LogP contribution >= 0.6 is 0 Å². The Morgan fingerprint density at radius 2 is 2.17 bits per heavy atom. The number of pyridine rings is 1. The second kappa shape index (κ2) is 6.37. The van der Waals surface area contributed by atoms with Crippen LogP contribution in [0, 0.1) is 0 Å². The summed E-state index contributed by atoms with van der Waals surface area (Å²) in [5.41, 5.74) is 8.61. The van der Waals surface area contributed by atoms with Crippen molar-refractivity contribution in [1.82, 2.24) is 25.3 Å². The van der Waals surface area contributed by atoms with E-state index in [1.165, 1.54) is 5.69 Å². The number of hydrazine groups is 1. The van der Waals surface area contributed by atoms with Crippen LogP contribution in [0.15, 0.2) is 42.7 Å². The van der Waals surface area contributed by atoms with Crippen LogP contribution in [0.5, 0.6) is 0 Å². The highest BCUT2D eigenvalue weighted by atomic mass is 16.2. The summed E-state index contributed by atoms with van der Waals surface area (Å²) in [4.78, 5) is 19.5. The molecule has 1 saturated heterocycles. The second-order valence-corrected chi connectivity index (χ2v) is 6.47. The van der Waals surface area contributed by atoms with E-state index in [1.54, 1.807) is 6.20 Å². The van der Waals surface area contributed by atoms with Gasteiger partial charge >= 0.3 is 0 Å². The third-order valence-corrected chi connectivity index (χ3v) is 5.08. The van der Waals surface area contributed by atoms with Crippen molar-refractivity contribution in [2.24, 2.45) is 0 Å². The molecule has 2 aliphatic rings. The molecule has 2 aromatic rings. The fourth-order valence-corrected chi connectivity index (χ4v) is 3.85. The third-order valence-electron chi connectivity index (χ3n) is 5.08. The van der Waals surface area contributed by atoms with E-state index >= 15 is 0 Å². The number of amides is 1. The molecule has 24 heavy (non-hydrogen) atoms. The smallest absolute Gasteiger partial charge is 0.241 e. The van der Waals surface area contributed by atoms with Gasteiger partial charge in [0.1, 0.15) is 6.04 Å². The van der Waals surface area contributed by atoms with Crippen LogP contribution in [0.1, 0.15) is 43.2 Å². The van der Waals surface area contributed by atoms with E-state index in [-0.39, 0.29) is 24.0 Å². The summed E-state index contributed by atoms with van der Waals surface area (Å²) < 4.78 is 2.26. The lowest BCUT2D eigenvalue weighted by Crippen LogP contribution is -2.50. The zero-order valence-electron chi connectivity index (χ0n) is 13.9. The van der Waals surface area contributed by atoms with Crippen molar-refractivity contribution in [3.05, 3.63) is 54.1 Å². The quantitative estimate of drug-likeness (QED) is 0.903. The largest absolute Gasteiger partial charge is 0.348 e. The van der Waals surface area contributed by atoms with Gasteiger partial charge in [-0.15, -0.1) is 0 Å². The molecule has 2 aromatic heterocycles. The average Bonchev–Trinajstić information content (AvgIpc) is 3.30. The lowest BCUT2D eigenvalue weighted by atomic mass is 10.0. The maximum Gasteiger partial charge on any atom is 0.241 e. The first-order chi connectivity index (χ1) is 11.8. The Labute approximate surface area is 141 Å². The summed E-state index contributed by atoms with van der Waals surface area (Å²) in [6.45, 7) is 3.78. The van der Waals surface area contributed by atoms with Gasteiger partial charge in [-0.25, -0.2) is 10.9 Å². The van der Waals surface area contributed by atoms with Gasteiger partial charge in [0.25, 0.3) is 0 Å². The molecule has 4 heterocycles. The zero-order valence-corrected chi connectivity index (χ0v) is 13.9. The van der Waals surface area contributed by atoms with Crippen LogP contribution in [0.4, 0.5) is 0 Å². The van der Waals surface area contributed by atoms with E-state index in [0.29, 0.717) is 0 Å². The summed E-state index contributed by atoms with van der Waals surface area (Å²) >= 11 is 0. The molecule has 2 N–H and O–H groups in total. The topological polar surface area (TPSA) is 62.2 Å². The van der Waals surface area contributed by atoms with E-state index in [0.717, 1.165) is 31.6 Å². The molecule has 0 bridgehead atoms. The molecule has 0 radical (unpaired) electrons. The molecule has 2 aliphatic heterocycles. The fourth-order valence-electron chi connectivity index (χ4n) is 3.85. The Hall–Kier alpha value is -2.18. The van der Waals surface area contributed by atoms with E-state index in [9.17, 15) is 4.79 Å². The summed E-state index contributed by atoms with van der Waals surface area (Å²) in [6.07, 6.45) is 5.55. The van der Waals surface area contributed by atoms with Crippen molar-refractivity contribution >= 4 is 5.91 Å². The Morgan fingerprint density at radius 1 is 1.25 bits per heavy atom. The van der Waals surface area contributed by atoms with E-state index in [2.05, 4.69) is 45.7 Å². The molecular formula is C18H23N5O. The molecule has 3 atom stereocenters. The number of hydrogen-bond donors (Lipinski definition) is 2. The zero-order chi connectivity index (χ0) is 16.5. The summed E-state index contributed by atoms with van der Waals surface area (Å²) in [6, 6.07) is 10.1. The Balaban J connectivity index is 1.48. The van der Waals surface area contributed by atoms with Crippen LogP contribution in [-0.4, -0.2) is 32.9 Å². The number of nitrogens with one attached hydrogen (secondary N) is 2. The van der Waals surface area contributed by atoms with Gasteiger partial charge in [0.2, 0.25) is 5.91 Å². The molecule has 0 spiro atoms. The van der Waals surface area contributed by atoms with Crippen molar-refractivity contribution in [3.63, 3.8) is 0 Å². The molecule has 0 aromatic carbocycles. The van der Waals surface area contributed by atoms with Crippen LogP contribution in [-0.2, 0) is 11.3 Å². The monoisotopic (exact) mass is 325 g/mol. The summed E-state index contributed by atoms with van der Waals surface area (Å²) in [5.74, 6) is 0.181. The third kappa shape index (κ3) is 2.61. The predicted octanol–water partition coefficient (Wildman–Crippen LogP) is 1.78. The molecule has 3 unspecified atom stereocenters. The van der Waals surface area contributed by atoms with Crippen molar-refractivity contribution in [2.75, 3.05) is 6.54 Å². The average molecular weight is 325 g/mol. The number of carbonyl (C=O) groups is 1. The van der Waals surface area contributed by atoms with Crippen LogP contribution in [0.2, 0.25) is 0 Å². The van der Waals surface area contributed by atoms with Gasteiger partial charge in [0.15, 0.2) is 0 Å². The molecule has 4 rings (SSSR count). The highest BCUT2D eigenvalue weighted by Crippen LogP contribution is 2.31. The highest BCUT2D eigenvalue weighted by molar-refractivity contribution is 5.82. The lowest BCUT2D eigenvalue weighted by molar-refractivity contribution is -0.137. The predicted molar refractivity (Wildman–Crippen MR) is 90.8 cm³/mol. The minimum atomic E-state index is -0.201. The molecule has 1 amide bonds. The molecule has 0 aliphatic carbocycles. The lowest BCUT2D eigenvalue weighted by Gasteiger charge is -2.37. The van der Waals surface area contributed by atoms with Crippen molar-refractivity contribution in [1.29, 1.82) is 0 Å². The Morgan fingerprint density at radius 3 is 2.96 bits per heavy atom. The molecule has 126 valence electrons. The number of fused-ring (bicyclic) bond motifs is 1. The number of hydrogen-bond acceptors (Lipinski definition) is 4. The second-order valence-electron chi connectivity index (χ2n) is 6.47. The molecule has 0 saturated carbocycles. The van der Waals surface area contributed by atoms with E-state index < -0.39 is 0 Å². The van der Waals surface area contributed by atoms with Crippen LogP contribution in [0.3, 0.4) is 0 Å². The van der Waals surface area contributed by atoms with Gasteiger partial charge in [-0.1, -0.05) is 13.0 Å². The maximum atomic E-state index is 13.1. The number of carbonyl (C=O) groups excluding carboxylic acids is 1. The fraction of sp³-hybridized carbons (Fsp3) is 0.444. The highest BCUT2D eigenvalue weighted by Gasteiger charge is 2.37. The van der Waals surface area contributed by atoms with E-state index in [1.807, 2.05) is 23.1 Å². The van der Waals surface area contributed by atoms with Gasteiger partial charge in [0, 0.05) is 31.2 Å². The van der Waals surface area contributed by atoms with Gasteiger partial charge in [0.05, 0.1) is 17.8 Å². The standard InChI is InChI=1S/C18H23N5O/c1-2-16-17-7-5-9-22(17)10-11-23(16)18(24)15-12-14(20-21-15)13-6-3-4-8-19-13/h3-9,14-16,20-21H,2,10-12H2,1H3. The normalized spacial score (nSPS) is 26.4. The first-order valence-corrected chi connectivity index (χ1v) is 8.65. The Bertz CT molecular complexity index is 713. The number of aromatic nitrogens is 2. The van der Waals surface area contributed by atoms with Crippen molar-refractivity contribution in [3.8, 4) is 0 Å². The molecule has 6 heteroatoms. The van der Waals surface area contributed by atoms with E-state index in [4.69, 9.17) is 0 Å². The minimum Gasteiger partial charge on any atom is -0.348 e. The molecule has 6 nitrogen and oxygen atoms in total. The summed E-state index contributed by atoms with van der Waals surface area (Å²) in [5, 5.41) is 0. The van der Waals surface area contributed by atoms with Gasteiger partial charge < -0.3 is 9.47 Å². The van der Waals surface area contributed by atoms with Crippen LogP contribution in [0.25, 0.3) is 0 Å². The Kier molecular flexibility index (Phi) is 4.08. The molecular weight excluding hydrogens is 302 g/mol. The van der Waals surface area contributed by atoms with Crippen molar-refractivity contribution in [2.45, 2.75) is 44.4 Å². The first kappa shape index (κ1) is 15.4. The van der Waals surface area contributed by atoms with Gasteiger partial charge in [-0.3, -0.25) is 9.78 Å². The van der Waals surface area contributed by atoms with Gasteiger partial charge in [-0.2, -0.15) is 0 Å². The van der Waals surface area contributed by atoms with Gasteiger partial charge in [-0.05, 0) is 37.1 Å². The van der Waals surface area contributed by atoms with Crippen molar-refractivity contribution < 1.29 is 4.79 Å². The number of rotatable bonds is 3. The summed E-state index contributed by atoms with van der Waals surface area (Å²) in [7, 11) is 0. The molecule has 1 fully saturated rings. The number of nitrogens with zero attached hydrogens (tertiary/aromatic N) is 3.